The lowest BCUT2D eigenvalue weighted by Gasteiger charge is -2.26. The van der Waals surface area contributed by atoms with Gasteiger partial charge in [0.2, 0.25) is 0 Å². The van der Waals surface area contributed by atoms with E-state index in [-0.39, 0.29) is 0 Å². The van der Waals surface area contributed by atoms with Crippen molar-refractivity contribution in [3.05, 3.63) is 237 Å². The monoisotopic (exact) mass is 765 g/mol. The summed E-state index contributed by atoms with van der Waals surface area (Å²) in [6.45, 7) is 0. The van der Waals surface area contributed by atoms with E-state index in [9.17, 15) is 0 Å². The van der Waals surface area contributed by atoms with E-state index >= 15 is 0 Å². The first-order valence-electron chi connectivity index (χ1n) is 20.5. The van der Waals surface area contributed by atoms with Gasteiger partial charge in [-0.3, -0.25) is 0 Å². The highest BCUT2D eigenvalue weighted by Crippen LogP contribution is 2.41. The van der Waals surface area contributed by atoms with Crippen LogP contribution < -0.4 is 4.90 Å². The fourth-order valence-electron chi connectivity index (χ4n) is 8.70. The summed E-state index contributed by atoms with van der Waals surface area (Å²) in [6.07, 6.45) is 0. The Morgan fingerprint density at radius 3 is 1.42 bits per heavy atom. The predicted molar refractivity (Wildman–Crippen MR) is 253 cm³/mol. The van der Waals surface area contributed by atoms with Gasteiger partial charge < -0.3 is 9.32 Å². The molecule has 0 saturated heterocycles. The van der Waals surface area contributed by atoms with Gasteiger partial charge in [0.15, 0.2) is 0 Å². The molecule has 0 aliphatic heterocycles. The normalized spacial score (nSPS) is 11.3. The third kappa shape index (κ3) is 6.51. The summed E-state index contributed by atoms with van der Waals surface area (Å²) in [7, 11) is 0. The summed E-state index contributed by atoms with van der Waals surface area (Å²) in [5, 5.41) is 6.16. The molecule has 0 spiro atoms. The first-order valence-corrected chi connectivity index (χ1v) is 20.5. The van der Waals surface area contributed by atoms with Crippen LogP contribution in [0.4, 0.5) is 17.1 Å². The zero-order valence-corrected chi connectivity index (χ0v) is 32.9. The number of furan rings is 1. The lowest BCUT2D eigenvalue weighted by atomic mass is 9.93. The zero-order chi connectivity index (χ0) is 39.8. The van der Waals surface area contributed by atoms with Crippen LogP contribution in [0, 0.1) is 0 Å². The molecule has 0 saturated carbocycles. The molecule has 0 atom stereocenters. The third-order valence-electron chi connectivity index (χ3n) is 11.7. The summed E-state index contributed by atoms with van der Waals surface area (Å²) in [4.78, 5) is 2.35. The van der Waals surface area contributed by atoms with E-state index < -0.39 is 0 Å². The first kappa shape index (κ1) is 35.2. The molecule has 2 heteroatoms. The number of rotatable bonds is 8. The van der Waals surface area contributed by atoms with Crippen molar-refractivity contribution < 1.29 is 4.42 Å². The molecule has 0 amide bonds. The van der Waals surface area contributed by atoms with E-state index in [1.165, 1.54) is 54.9 Å². The molecule has 0 bridgehead atoms. The second-order valence-corrected chi connectivity index (χ2v) is 15.3. The molecule has 10 aromatic carbocycles. The van der Waals surface area contributed by atoms with E-state index in [0.717, 1.165) is 50.5 Å². The maximum absolute atomic E-state index is 6.23. The van der Waals surface area contributed by atoms with Gasteiger partial charge >= 0.3 is 0 Å². The number of hydrogen-bond acceptors (Lipinski definition) is 2. The van der Waals surface area contributed by atoms with Crippen LogP contribution in [-0.4, -0.2) is 0 Å². The first-order chi connectivity index (χ1) is 29.7. The topological polar surface area (TPSA) is 16.4 Å². The van der Waals surface area contributed by atoms with Crippen molar-refractivity contribution in [2.24, 2.45) is 0 Å². The van der Waals surface area contributed by atoms with Crippen molar-refractivity contribution in [1.29, 1.82) is 0 Å². The number of benzene rings is 10. The maximum Gasteiger partial charge on any atom is 0.135 e. The van der Waals surface area contributed by atoms with Gasteiger partial charge in [-0.05, 0) is 127 Å². The van der Waals surface area contributed by atoms with Gasteiger partial charge in [0.05, 0.1) is 0 Å². The Balaban J connectivity index is 0.978. The fourth-order valence-corrected chi connectivity index (χ4v) is 8.70. The molecule has 0 radical (unpaired) electrons. The van der Waals surface area contributed by atoms with Crippen molar-refractivity contribution in [2.45, 2.75) is 0 Å². The Labute approximate surface area is 349 Å². The number of fused-ring (bicyclic) bond motifs is 4. The Hall–Kier alpha value is -7.94. The van der Waals surface area contributed by atoms with Crippen molar-refractivity contribution in [1.82, 2.24) is 0 Å². The van der Waals surface area contributed by atoms with Crippen LogP contribution in [0.5, 0.6) is 0 Å². The van der Waals surface area contributed by atoms with E-state index in [2.05, 4.69) is 223 Å². The lowest BCUT2D eigenvalue weighted by molar-refractivity contribution is 0.631. The van der Waals surface area contributed by atoms with Gasteiger partial charge in [-0.1, -0.05) is 176 Å². The minimum atomic E-state index is 0.871. The second-order valence-electron chi connectivity index (χ2n) is 15.3. The van der Waals surface area contributed by atoms with Crippen LogP contribution in [0.15, 0.2) is 241 Å². The molecule has 1 aromatic heterocycles. The summed E-state index contributed by atoms with van der Waals surface area (Å²) in [6, 6.07) is 84.8. The molecule has 11 aromatic rings. The average Bonchev–Trinajstić information content (AvgIpc) is 3.77. The molecular weight excluding hydrogens is 727 g/mol. The Morgan fingerprint density at radius 2 is 0.750 bits per heavy atom. The van der Waals surface area contributed by atoms with Crippen molar-refractivity contribution in [2.75, 3.05) is 4.90 Å². The molecule has 0 fully saturated rings. The van der Waals surface area contributed by atoms with E-state index in [4.69, 9.17) is 4.42 Å². The standard InChI is InChI=1S/C58H39NO/c1-2-13-41(14-3-1)51-19-7-8-20-52(51)42-27-33-49(34-28-42)59(50-35-29-43(30-36-50)56-38-45-15-4-6-21-53(45)54-22-9-10-23-55(54)56)48-31-25-40(26-32-48)44-17-12-18-46(37-44)58-39-47-16-5-11-24-57(47)60-58/h1-39H. The van der Waals surface area contributed by atoms with Crippen molar-refractivity contribution >= 4 is 49.6 Å². The van der Waals surface area contributed by atoms with Gasteiger partial charge in [0.25, 0.3) is 0 Å². The quantitative estimate of drug-likeness (QED) is 0.143. The Bertz CT molecular complexity index is 3260. The molecular formula is C58H39NO. The largest absolute Gasteiger partial charge is 0.456 e. The van der Waals surface area contributed by atoms with Gasteiger partial charge in [0.1, 0.15) is 11.3 Å². The highest BCUT2D eigenvalue weighted by Gasteiger charge is 2.16. The van der Waals surface area contributed by atoms with Crippen molar-refractivity contribution in [3.8, 4) is 55.8 Å². The lowest BCUT2D eigenvalue weighted by Crippen LogP contribution is -2.09. The van der Waals surface area contributed by atoms with Crippen LogP contribution in [0.3, 0.4) is 0 Å². The average molecular weight is 766 g/mol. The van der Waals surface area contributed by atoms with E-state index in [0.29, 0.717) is 0 Å². The van der Waals surface area contributed by atoms with Crippen LogP contribution >= 0.6 is 0 Å². The smallest absolute Gasteiger partial charge is 0.135 e. The van der Waals surface area contributed by atoms with Crippen LogP contribution in [0.1, 0.15) is 0 Å². The molecule has 0 unspecified atom stereocenters. The molecule has 60 heavy (non-hydrogen) atoms. The summed E-state index contributed by atoms with van der Waals surface area (Å²) >= 11 is 0. The SMILES string of the molecule is c1ccc(-c2ccccc2-c2ccc(N(c3ccc(-c4cccc(-c5cc6ccccc6o5)c4)cc3)c3ccc(-c4cc5ccccc5c5ccccc45)cc3)cc2)cc1. The molecule has 0 aliphatic rings. The Morgan fingerprint density at radius 1 is 0.267 bits per heavy atom. The van der Waals surface area contributed by atoms with Crippen LogP contribution in [0.2, 0.25) is 0 Å². The van der Waals surface area contributed by atoms with Gasteiger partial charge in [-0.2, -0.15) is 0 Å². The summed E-state index contributed by atoms with van der Waals surface area (Å²) in [5.74, 6) is 0.871. The third-order valence-corrected chi connectivity index (χ3v) is 11.7. The Kier molecular flexibility index (Phi) is 8.87. The highest BCUT2D eigenvalue weighted by molar-refractivity contribution is 6.13. The van der Waals surface area contributed by atoms with Gasteiger partial charge in [0, 0.05) is 28.0 Å². The van der Waals surface area contributed by atoms with Crippen LogP contribution in [-0.2, 0) is 0 Å². The fraction of sp³-hybridized carbons (Fsp3) is 0. The van der Waals surface area contributed by atoms with Gasteiger partial charge in [-0.15, -0.1) is 0 Å². The predicted octanol–water partition coefficient (Wildman–Crippen LogP) is 16.5. The number of anilines is 3. The molecule has 11 rings (SSSR count). The van der Waals surface area contributed by atoms with E-state index in [1.807, 2.05) is 18.2 Å². The minimum absolute atomic E-state index is 0.871. The molecule has 0 aliphatic carbocycles. The molecule has 282 valence electrons. The van der Waals surface area contributed by atoms with Crippen molar-refractivity contribution in [3.63, 3.8) is 0 Å². The number of nitrogens with zero attached hydrogens (tertiary/aromatic N) is 1. The number of para-hydroxylation sites is 1. The van der Waals surface area contributed by atoms with E-state index in [1.54, 1.807) is 0 Å². The maximum atomic E-state index is 6.23. The number of hydrogen-bond donors (Lipinski definition) is 0. The minimum Gasteiger partial charge on any atom is -0.456 e. The molecule has 2 nitrogen and oxygen atoms in total. The summed E-state index contributed by atoms with van der Waals surface area (Å²) in [5.41, 5.74) is 14.7. The second kappa shape index (κ2) is 15.1. The zero-order valence-electron chi connectivity index (χ0n) is 32.9. The van der Waals surface area contributed by atoms with Gasteiger partial charge in [-0.25, -0.2) is 0 Å². The summed E-state index contributed by atoms with van der Waals surface area (Å²) < 4.78 is 6.23. The molecule has 1 heterocycles. The highest BCUT2D eigenvalue weighted by atomic mass is 16.3. The molecule has 0 N–H and O–H groups in total. The van der Waals surface area contributed by atoms with Crippen LogP contribution in [0.25, 0.3) is 88.3 Å².